The Morgan fingerprint density at radius 1 is 0.753 bits per heavy atom. The first-order valence-corrected chi connectivity index (χ1v) is 28.2. The number of likely N-dealkylation sites (tertiary alicyclic amines) is 1. The molecule has 1 aliphatic carbocycles. The van der Waals surface area contributed by atoms with Crippen LogP contribution in [0.25, 0.3) is 10.8 Å². The molecule has 17 nitrogen and oxygen atoms in total. The van der Waals surface area contributed by atoms with Crippen LogP contribution in [-0.4, -0.2) is 165 Å². The number of hydrogen-bond donors (Lipinski definition) is 2. The Hall–Kier alpha value is -7.61. The molecule has 2 N–H and O–H groups in total. The zero-order valence-corrected chi connectivity index (χ0v) is 46.6. The highest BCUT2D eigenvalue weighted by molar-refractivity contribution is 5.98. The number of fused-ring (bicyclic) bond motifs is 1. The Labute approximate surface area is 469 Å². The molecular weight excluding hydrogens is 1040 g/mol. The third kappa shape index (κ3) is 14.3. The second kappa shape index (κ2) is 25.5. The number of nitrogens with one attached hydrogen (secondary N) is 2. The maximum Gasteiger partial charge on any atom is 0.411 e. The van der Waals surface area contributed by atoms with E-state index in [0.717, 1.165) is 61.1 Å². The van der Waals surface area contributed by atoms with E-state index in [1.54, 1.807) is 71.9 Å². The number of H-pyrrole nitrogens is 1. The summed E-state index contributed by atoms with van der Waals surface area (Å²) in [5.74, 6) is -3.94. The third-order valence-corrected chi connectivity index (χ3v) is 16.1. The van der Waals surface area contributed by atoms with Gasteiger partial charge >= 0.3 is 6.09 Å². The summed E-state index contributed by atoms with van der Waals surface area (Å²) in [6.07, 6.45) is 5.39. The molecule has 4 aromatic carbocycles. The van der Waals surface area contributed by atoms with Crippen molar-refractivity contribution in [3.05, 3.63) is 146 Å². The minimum absolute atomic E-state index is 0.0336. The van der Waals surface area contributed by atoms with Gasteiger partial charge in [-0.3, -0.25) is 38.6 Å². The van der Waals surface area contributed by atoms with Gasteiger partial charge in [0.15, 0.2) is 0 Å². The third-order valence-electron chi connectivity index (χ3n) is 16.1. The average molecular weight is 1120 g/mol. The van der Waals surface area contributed by atoms with Gasteiger partial charge < -0.3 is 29.7 Å². The van der Waals surface area contributed by atoms with Crippen LogP contribution in [0.4, 0.5) is 18.0 Å². The molecule has 5 aromatic rings. The van der Waals surface area contributed by atoms with Crippen LogP contribution in [0.2, 0.25) is 0 Å². The lowest BCUT2D eigenvalue weighted by molar-refractivity contribution is -0.141. The van der Waals surface area contributed by atoms with Gasteiger partial charge in [-0.25, -0.2) is 23.1 Å². The number of piperazine rings is 2. The van der Waals surface area contributed by atoms with Crippen molar-refractivity contribution in [2.75, 3.05) is 72.0 Å². The van der Waals surface area contributed by atoms with Gasteiger partial charge in [0.1, 0.15) is 35.6 Å². The van der Waals surface area contributed by atoms with Crippen LogP contribution in [0.5, 0.6) is 0 Å². The number of ether oxygens (including phenoxy) is 1. The Morgan fingerprint density at radius 2 is 1.49 bits per heavy atom. The van der Waals surface area contributed by atoms with E-state index in [4.69, 9.17) is 4.74 Å². The fourth-order valence-electron chi connectivity index (χ4n) is 11.8. The molecule has 3 aliphatic heterocycles. The highest BCUT2D eigenvalue weighted by Crippen LogP contribution is 2.31. The molecule has 0 radical (unpaired) electrons. The standard InChI is InChI=1S/C61H72F3N9O8/c1-39-34-68(37-53(74)69-25-27-70(28-26-69)58(78)49-30-40(19-22-50(49)63)31-52-47-17-8-9-18-48(47)57(77)67-66-52)24-29-73(39)59(79)55(41-12-6-5-7-13-41)65-56(76)43-15-10-14-42(32-43)44-16-11-23-71(35-44)54(75)38-72(60(80)81-61(2,3)4)36-45-20-21-46(62)33-51(45)64/h8-10,14-15,17-22,30,32-33,39,41,44,55H,5-7,11-13,16,23-29,31,34-38H2,1-4H3,(H,65,76)(H,67,77)/t39-,44-,55-/m1/s1. The summed E-state index contributed by atoms with van der Waals surface area (Å²) in [7, 11) is 0. The van der Waals surface area contributed by atoms with Crippen LogP contribution < -0.4 is 10.9 Å². The number of aromatic nitrogens is 2. The van der Waals surface area contributed by atoms with Crippen LogP contribution in [0.3, 0.4) is 0 Å². The van der Waals surface area contributed by atoms with E-state index in [1.165, 1.54) is 18.2 Å². The molecule has 0 unspecified atom stereocenters. The molecule has 0 bridgehead atoms. The Bertz CT molecular complexity index is 3210. The predicted molar refractivity (Wildman–Crippen MR) is 297 cm³/mol. The summed E-state index contributed by atoms with van der Waals surface area (Å²) in [5.41, 5.74) is 1.23. The second-order valence-electron chi connectivity index (χ2n) is 23.1. The second-order valence-corrected chi connectivity index (χ2v) is 23.1. The molecule has 0 spiro atoms. The molecule has 1 aromatic heterocycles. The van der Waals surface area contributed by atoms with Crippen molar-refractivity contribution >= 4 is 46.4 Å². The molecule has 4 aliphatic rings. The Morgan fingerprint density at radius 3 is 2.22 bits per heavy atom. The van der Waals surface area contributed by atoms with E-state index < -0.39 is 47.6 Å². The number of benzene rings is 4. The van der Waals surface area contributed by atoms with Crippen LogP contribution in [-0.2, 0) is 32.1 Å². The fraction of sp³-hybridized carbons (Fsp3) is 0.475. The number of aromatic amines is 1. The van der Waals surface area contributed by atoms with Crippen LogP contribution >= 0.6 is 0 Å². The maximum atomic E-state index is 15.2. The molecular formula is C61H72F3N9O8. The number of nitrogens with zero attached hydrogens (tertiary/aromatic N) is 7. The Kier molecular flexibility index (Phi) is 18.2. The molecule has 6 amide bonds. The number of piperidine rings is 1. The summed E-state index contributed by atoms with van der Waals surface area (Å²) in [5, 5.41) is 11.1. The zero-order valence-electron chi connectivity index (χ0n) is 46.6. The van der Waals surface area contributed by atoms with Crippen molar-refractivity contribution < 1.29 is 46.7 Å². The first-order valence-electron chi connectivity index (χ1n) is 28.2. The zero-order chi connectivity index (χ0) is 57.5. The molecule has 20 heteroatoms. The first kappa shape index (κ1) is 58.1. The molecule has 3 atom stereocenters. The summed E-state index contributed by atoms with van der Waals surface area (Å²) >= 11 is 0. The summed E-state index contributed by atoms with van der Waals surface area (Å²) in [6.45, 7) is 9.42. The number of hydrogen-bond acceptors (Lipinski definition) is 10. The van der Waals surface area contributed by atoms with E-state index in [2.05, 4.69) is 15.5 Å². The molecule has 9 rings (SSSR count). The normalized spacial score (nSPS) is 18.8. The van der Waals surface area contributed by atoms with Gasteiger partial charge in [-0.15, -0.1) is 0 Å². The fourth-order valence-corrected chi connectivity index (χ4v) is 11.8. The van der Waals surface area contributed by atoms with Gasteiger partial charge in [-0.05, 0) is 107 Å². The van der Waals surface area contributed by atoms with Crippen LogP contribution in [0.1, 0.15) is 122 Å². The van der Waals surface area contributed by atoms with Gasteiger partial charge in [0.05, 0.1) is 29.7 Å². The van der Waals surface area contributed by atoms with Crippen molar-refractivity contribution in [1.29, 1.82) is 0 Å². The minimum atomic E-state index is -0.893. The molecule has 4 fully saturated rings. The maximum absolute atomic E-state index is 15.2. The number of halogens is 3. The van der Waals surface area contributed by atoms with Gasteiger partial charge in [-0.2, -0.15) is 5.10 Å². The smallest absolute Gasteiger partial charge is 0.411 e. The molecule has 3 saturated heterocycles. The van der Waals surface area contributed by atoms with Gasteiger partial charge in [0.2, 0.25) is 17.7 Å². The summed E-state index contributed by atoms with van der Waals surface area (Å²) in [6, 6.07) is 20.7. The SMILES string of the molecule is C[C@@H]1CN(CC(=O)N2CCN(C(=O)c3cc(Cc4n[nH]c(=O)c5ccccc45)ccc3F)CC2)CCN1C(=O)[C@H](NC(=O)c1cccc([C@@H]2CCCN(C(=O)CN(Cc3ccc(F)cc3F)C(=O)OC(C)(C)C)C2)c1)C1CCCCC1. The van der Waals surface area contributed by atoms with Crippen molar-refractivity contribution in [3.63, 3.8) is 0 Å². The van der Waals surface area contributed by atoms with Gasteiger partial charge in [-0.1, -0.05) is 61.7 Å². The molecule has 81 heavy (non-hydrogen) atoms. The van der Waals surface area contributed by atoms with Crippen LogP contribution in [0.15, 0.2) is 89.7 Å². The lowest BCUT2D eigenvalue weighted by atomic mass is 9.83. The van der Waals surface area contributed by atoms with Crippen molar-refractivity contribution in [3.8, 4) is 0 Å². The number of carbonyl (C=O) groups excluding carboxylic acids is 6. The molecule has 430 valence electrons. The van der Waals surface area contributed by atoms with Gasteiger partial charge in [0.25, 0.3) is 17.4 Å². The first-order chi connectivity index (χ1) is 38.8. The lowest BCUT2D eigenvalue weighted by Crippen LogP contribution is -2.61. The van der Waals surface area contributed by atoms with Crippen molar-refractivity contribution in [2.45, 2.75) is 109 Å². The number of amides is 6. The van der Waals surface area contributed by atoms with E-state index in [0.29, 0.717) is 66.7 Å². The van der Waals surface area contributed by atoms with E-state index in [9.17, 15) is 42.3 Å². The lowest BCUT2D eigenvalue weighted by Gasteiger charge is -2.43. The average Bonchev–Trinajstić information content (AvgIpc) is 3.48. The van der Waals surface area contributed by atoms with Crippen LogP contribution in [0, 0.1) is 23.4 Å². The predicted octanol–water partition coefficient (Wildman–Crippen LogP) is 7.27. The van der Waals surface area contributed by atoms with Crippen molar-refractivity contribution in [1.82, 2.24) is 44.9 Å². The quantitative estimate of drug-likeness (QED) is 0.115. The highest BCUT2D eigenvalue weighted by Gasteiger charge is 2.39. The van der Waals surface area contributed by atoms with E-state index in [-0.39, 0.29) is 104 Å². The topological polar surface area (TPSA) is 189 Å². The Balaban J connectivity index is 0.779. The van der Waals surface area contributed by atoms with Gasteiger partial charge in [0, 0.05) is 99.9 Å². The summed E-state index contributed by atoms with van der Waals surface area (Å²) in [4.78, 5) is 106. The number of carbonyl (C=O) groups is 6. The molecule has 1 saturated carbocycles. The van der Waals surface area contributed by atoms with E-state index in [1.807, 2.05) is 34.9 Å². The summed E-state index contributed by atoms with van der Waals surface area (Å²) < 4.78 is 49.3. The largest absolute Gasteiger partial charge is 0.444 e. The van der Waals surface area contributed by atoms with E-state index >= 15 is 4.39 Å². The van der Waals surface area contributed by atoms with Crippen molar-refractivity contribution in [2.24, 2.45) is 5.92 Å². The monoisotopic (exact) mass is 1120 g/mol. The minimum Gasteiger partial charge on any atom is -0.444 e. The number of rotatable bonds is 14. The highest BCUT2D eigenvalue weighted by atomic mass is 19.1. The molecule has 4 heterocycles.